The van der Waals surface area contributed by atoms with E-state index in [1.54, 1.807) is 7.11 Å². The third-order valence-corrected chi connectivity index (χ3v) is 1.83. The van der Waals surface area contributed by atoms with Crippen molar-refractivity contribution < 1.29 is 19.3 Å². The van der Waals surface area contributed by atoms with Gasteiger partial charge in [0, 0.05) is 20.6 Å². The lowest BCUT2D eigenvalue weighted by molar-refractivity contribution is -0.228. The maximum absolute atomic E-state index is 9.34. The van der Waals surface area contributed by atoms with E-state index in [1.165, 1.54) is 7.11 Å². The molecule has 1 heterocycles. The Morgan fingerprint density at radius 2 is 2.09 bits per heavy atom. The van der Waals surface area contributed by atoms with Crippen LogP contribution in [0, 0.1) is 0 Å². The molecule has 4 heteroatoms. The van der Waals surface area contributed by atoms with E-state index in [2.05, 4.69) is 0 Å². The van der Waals surface area contributed by atoms with Gasteiger partial charge in [-0.25, -0.2) is 0 Å². The topological polar surface area (TPSA) is 47.9 Å². The maximum Gasteiger partial charge on any atom is 0.183 e. The molecule has 0 aromatic rings. The standard InChI is InChI=1S/C7H14O4/c1-9-5-3-6(8)7(10-2)11-4-5/h5-8H,3-4H2,1-2H3. The number of aliphatic hydroxyl groups is 1. The Morgan fingerprint density at radius 1 is 1.36 bits per heavy atom. The van der Waals surface area contributed by atoms with Crippen molar-refractivity contribution in [3.05, 3.63) is 0 Å². The minimum absolute atomic E-state index is 0.00333. The Balaban J connectivity index is 2.34. The Morgan fingerprint density at radius 3 is 2.55 bits per heavy atom. The van der Waals surface area contributed by atoms with Crippen molar-refractivity contribution in [2.45, 2.75) is 24.9 Å². The van der Waals surface area contributed by atoms with Crippen molar-refractivity contribution in [2.75, 3.05) is 20.8 Å². The summed E-state index contributed by atoms with van der Waals surface area (Å²) >= 11 is 0. The van der Waals surface area contributed by atoms with E-state index < -0.39 is 12.4 Å². The molecule has 11 heavy (non-hydrogen) atoms. The quantitative estimate of drug-likeness (QED) is 0.608. The number of hydrogen-bond acceptors (Lipinski definition) is 4. The van der Waals surface area contributed by atoms with Gasteiger partial charge in [-0.15, -0.1) is 0 Å². The predicted molar refractivity (Wildman–Crippen MR) is 38.2 cm³/mol. The molecule has 1 fully saturated rings. The summed E-state index contributed by atoms with van der Waals surface area (Å²) in [6.07, 6.45) is -0.480. The summed E-state index contributed by atoms with van der Waals surface area (Å²) in [5, 5.41) is 9.34. The minimum Gasteiger partial charge on any atom is -0.388 e. The van der Waals surface area contributed by atoms with Gasteiger partial charge in [-0.1, -0.05) is 0 Å². The molecule has 1 N–H and O–H groups in total. The predicted octanol–water partition coefficient (Wildman–Crippen LogP) is -0.245. The van der Waals surface area contributed by atoms with Crippen LogP contribution in [0.25, 0.3) is 0 Å². The smallest absolute Gasteiger partial charge is 0.183 e. The number of hydrogen-bond donors (Lipinski definition) is 1. The van der Waals surface area contributed by atoms with Gasteiger partial charge < -0.3 is 19.3 Å². The first kappa shape index (κ1) is 8.93. The molecule has 1 rings (SSSR count). The molecule has 1 aliphatic rings. The molecule has 0 spiro atoms. The van der Waals surface area contributed by atoms with Crippen LogP contribution in [-0.2, 0) is 14.2 Å². The number of rotatable bonds is 2. The van der Waals surface area contributed by atoms with Gasteiger partial charge in [0.2, 0.25) is 0 Å². The zero-order valence-electron chi connectivity index (χ0n) is 6.82. The number of methoxy groups -OCH3 is 2. The molecular formula is C7H14O4. The van der Waals surface area contributed by atoms with Crippen molar-refractivity contribution in [1.29, 1.82) is 0 Å². The van der Waals surface area contributed by atoms with Gasteiger partial charge in [-0.3, -0.25) is 0 Å². The lowest BCUT2D eigenvalue weighted by Gasteiger charge is -2.31. The van der Waals surface area contributed by atoms with E-state index in [0.717, 1.165) is 0 Å². The van der Waals surface area contributed by atoms with Gasteiger partial charge in [0.1, 0.15) is 6.10 Å². The largest absolute Gasteiger partial charge is 0.388 e. The summed E-state index contributed by atoms with van der Waals surface area (Å²) in [5.41, 5.74) is 0. The minimum atomic E-state index is -0.571. The molecule has 3 atom stereocenters. The third-order valence-electron chi connectivity index (χ3n) is 1.83. The molecule has 0 aromatic heterocycles. The van der Waals surface area contributed by atoms with E-state index in [9.17, 15) is 5.11 Å². The van der Waals surface area contributed by atoms with Crippen LogP contribution in [0.3, 0.4) is 0 Å². The van der Waals surface area contributed by atoms with Crippen molar-refractivity contribution in [1.82, 2.24) is 0 Å². The third kappa shape index (κ3) is 2.13. The van der Waals surface area contributed by atoms with Gasteiger partial charge in [0.25, 0.3) is 0 Å². The van der Waals surface area contributed by atoms with Crippen molar-refractivity contribution in [2.24, 2.45) is 0 Å². The van der Waals surface area contributed by atoms with Crippen molar-refractivity contribution in [3.63, 3.8) is 0 Å². The van der Waals surface area contributed by atoms with E-state index in [1.807, 2.05) is 0 Å². The fourth-order valence-electron chi connectivity index (χ4n) is 1.15. The summed E-state index contributed by atoms with van der Waals surface area (Å²) in [5.74, 6) is 0. The molecule has 3 unspecified atom stereocenters. The SMILES string of the molecule is COC1COC(OC)C(O)C1. The Bertz CT molecular complexity index is 117. The van der Waals surface area contributed by atoms with Crippen molar-refractivity contribution >= 4 is 0 Å². The Hall–Kier alpha value is -0.160. The summed E-state index contributed by atoms with van der Waals surface area (Å²) in [6, 6.07) is 0. The van der Waals surface area contributed by atoms with E-state index in [4.69, 9.17) is 14.2 Å². The molecule has 0 radical (unpaired) electrons. The highest BCUT2D eigenvalue weighted by atomic mass is 16.7. The molecule has 0 bridgehead atoms. The molecule has 66 valence electrons. The number of ether oxygens (including phenoxy) is 3. The molecule has 0 aliphatic carbocycles. The first-order chi connectivity index (χ1) is 5.27. The average Bonchev–Trinajstić information content (AvgIpc) is 2.04. The van der Waals surface area contributed by atoms with Gasteiger partial charge in [-0.05, 0) is 0 Å². The van der Waals surface area contributed by atoms with Gasteiger partial charge in [0.05, 0.1) is 12.7 Å². The molecule has 0 saturated carbocycles. The summed E-state index contributed by atoms with van der Waals surface area (Å²) in [7, 11) is 3.12. The van der Waals surface area contributed by atoms with Crippen LogP contribution in [-0.4, -0.2) is 44.4 Å². The van der Waals surface area contributed by atoms with Crippen LogP contribution in [0.1, 0.15) is 6.42 Å². The maximum atomic E-state index is 9.34. The van der Waals surface area contributed by atoms with Crippen LogP contribution in [0.15, 0.2) is 0 Å². The second kappa shape index (κ2) is 4.01. The highest BCUT2D eigenvalue weighted by Gasteiger charge is 2.29. The number of aliphatic hydroxyl groups excluding tert-OH is 1. The van der Waals surface area contributed by atoms with Crippen molar-refractivity contribution in [3.8, 4) is 0 Å². The van der Waals surface area contributed by atoms with E-state index >= 15 is 0 Å². The van der Waals surface area contributed by atoms with Crippen LogP contribution in [0.4, 0.5) is 0 Å². The fraction of sp³-hybridized carbons (Fsp3) is 1.00. The first-order valence-corrected chi connectivity index (χ1v) is 3.63. The second-order valence-electron chi connectivity index (χ2n) is 2.60. The zero-order chi connectivity index (χ0) is 8.27. The van der Waals surface area contributed by atoms with Crippen LogP contribution >= 0.6 is 0 Å². The summed E-state index contributed by atoms with van der Waals surface area (Å²) in [6.45, 7) is 0.492. The highest BCUT2D eigenvalue weighted by Crippen LogP contribution is 2.16. The molecule has 0 amide bonds. The van der Waals surface area contributed by atoms with Gasteiger partial charge in [-0.2, -0.15) is 0 Å². The molecule has 1 saturated heterocycles. The fourth-order valence-corrected chi connectivity index (χ4v) is 1.15. The Labute approximate surface area is 66.1 Å². The van der Waals surface area contributed by atoms with E-state index in [-0.39, 0.29) is 6.10 Å². The summed E-state index contributed by atoms with van der Waals surface area (Å²) < 4.78 is 15.0. The van der Waals surface area contributed by atoms with Gasteiger partial charge >= 0.3 is 0 Å². The molecular weight excluding hydrogens is 148 g/mol. The summed E-state index contributed by atoms with van der Waals surface area (Å²) in [4.78, 5) is 0. The Kier molecular flexibility index (Phi) is 3.26. The lowest BCUT2D eigenvalue weighted by Crippen LogP contribution is -2.42. The zero-order valence-corrected chi connectivity index (χ0v) is 6.82. The van der Waals surface area contributed by atoms with Crippen LogP contribution < -0.4 is 0 Å². The average molecular weight is 162 g/mol. The van der Waals surface area contributed by atoms with E-state index in [0.29, 0.717) is 13.0 Å². The molecule has 4 nitrogen and oxygen atoms in total. The second-order valence-corrected chi connectivity index (χ2v) is 2.60. The molecule has 0 aromatic carbocycles. The highest BCUT2D eigenvalue weighted by molar-refractivity contribution is 4.72. The first-order valence-electron chi connectivity index (χ1n) is 3.63. The van der Waals surface area contributed by atoms with Crippen LogP contribution in [0.2, 0.25) is 0 Å². The molecule has 1 aliphatic heterocycles. The normalized spacial score (nSPS) is 39.0. The van der Waals surface area contributed by atoms with Gasteiger partial charge in [0.15, 0.2) is 6.29 Å². The monoisotopic (exact) mass is 162 g/mol. The van der Waals surface area contributed by atoms with Crippen LogP contribution in [0.5, 0.6) is 0 Å². The lowest BCUT2D eigenvalue weighted by atomic mass is 10.1.